The van der Waals surface area contributed by atoms with Gasteiger partial charge in [0.2, 0.25) is 0 Å². The molecule has 0 radical (unpaired) electrons. The van der Waals surface area contributed by atoms with Crippen molar-refractivity contribution in [3.05, 3.63) is 23.0 Å². The van der Waals surface area contributed by atoms with Crippen molar-refractivity contribution < 1.29 is 14.7 Å². The van der Waals surface area contributed by atoms with Crippen LogP contribution >= 0.6 is 11.6 Å². The molecule has 0 atom stereocenters. The summed E-state index contributed by atoms with van der Waals surface area (Å²) in [5.74, 6) is -0.815. The Bertz CT molecular complexity index is 478. The van der Waals surface area contributed by atoms with Crippen LogP contribution in [0.5, 0.6) is 0 Å². The number of carboxylic acids is 1. The Morgan fingerprint density at radius 1 is 1.50 bits per heavy atom. The number of aliphatic carboxylic acids is 1. The first-order valence-corrected chi connectivity index (χ1v) is 6.25. The first kappa shape index (κ1) is 13.0. The van der Waals surface area contributed by atoms with Crippen LogP contribution < -0.4 is 0 Å². The Labute approximate surface area is 110 Å². The van der Waals surface area contributed by atoms with Crippen LogP contribution in [0.1, 0.15) is 23.8 Å². The lowest BCUT2D eigenvalue weighted by Gasteiger charge is -2.38. The molecule has 1 amide bonds. The summed E-state index contributed by atoms with van der Waals surface area (Å²) in [6.45, 7) is 3.64. The van der Waals surface area contributed by atoms with Crippen molar-refractivity contribution in [2.24, 2.45) is 5.92 Å². The van der Waals surface area contributed by atoms with Gasteiger partial charge in [-0.1, -0.05) is 11.6 Å². The van der Waals surface area contributed by atoms with E-state index in [-0.39, 0.29) is 18.2 Å². The molecule has 6 heteroatoms. The minimum absolute atomic E-state index is 0.0759. The molecule has 0 unspecified atom stereocenters. The van der Waals surface area contributed by atoms with E-state index in [0.717, 1.165) is 0 Å². The highest BCUT2D eigenvalue weighted by atomic mass is 35.5. The Kier molecular flexibility index (Phi) is 3.61. The lowest BCUT2D eigenvalue weighted by Crippen LogP contribution is -2.51. The molecule has 1 N–H and O–H groups in total. The van der Waals surface area contributed by atoms with Crippen LogP contribution in [-0.4, -0.2) is 39.5 Å². The van der Waals surface area contributed by atoms with E-state index in [1.54, 1.807) is 21.7 Å². The zero-order valence-corrected chi connectivity index (χ0v) is 10.9. The number of aromatic nitrogens is 1. The van der Waals surface area contributed by atoms with Crippen LogP contribution in [0, 0.1) is 5.92 Å². The molecule has 0 bridgehead atoms. The maximum atomic E-state index is 12.2. The summed E-state index contributed by atoms with van der Waals surface area (Å²) in [5, 5.41) is 9.20. The third kappa shape index (κ3) is 2.51. The maximum absolute atomic E-state index is 12.2. The predicted molar refractivity (Wildman–Crippen MR) is 66.8 cm³/mol. The molecule has 2 heterocycles. The number of amides is 1. The zero-order valence-electron chi connectivity index (χ0n) is 10.1. The normalized spacial score (nSPS) is 15.6. The molecule has 1 aromatic heterocycles. The second kappa shape index (κ2) is 5.02. The molecule has 18 heavy (non-hydrogen) atoms. The fourth-order valence-corrected chi connectivity index (χ4v) is 2.41. The van der Waals surface area contributed by atoms with E-state index >= 15 is 0 Å². The second-order valence-corrected chi connectivity index (χ2v) is 4.94. The van der Waals surface area contributed by atoms with Gasteiger partial charge in [-0.25, -0.2) is 0 Å². The molecule has 1 fully saturated rings. The van der Waals surface area contributed by atoms with Gasteiger partial charge < -0.3 is 14.6 Å². The molecule has 2 rings (SSSR count). The van der Waals surface area contributed by atoms with Crippen molar-refractivity contribution in [1.29, 1.82) is 0 Å². The van der Waals surface area contributed by atoms with Gasteiger partial charge in [-0.15, -0.1) is 0 Å². The van der Waals surface area contributed by atoms with Gasteiger partial charge in [0.1, 0.15) is 5.69 Å². The van der Waals surface area contributed by atoms with Crippen LogP contribution in [0.4, 0.5) is 0 Å². The van der Waals surface area contributed by atoms with Crippen molar-refractivity contribution in [2.45, 2.75) is 19.9 Å². The van der Waals surface area contributed by atoms with E-state index in [0.29, 0.717) is 30.4 Å². The number of hydrogen-bond acceptors (Lipinski definition) is 2. The van der Waals surface area contributed by atoms with Crippen LogP contribution in [0.25, 0.3) is 0 Å². The quantitative estimate of drug-likeness (QED) is 0.906. The van der Waals surface area contributed by atoms with Gasteiger partial charge in [0, 0.05) is 31.7 Å². The van der Waals surface area contributed by atoms with Crippen molar-refractivity contribution in [3.8, 4) is 0 Å². The smallest absolute Gasteiger partial charge is 0.303 e. The van der Waals surface area contributed by atoms with E-state index in [4.69, 9.17) is 16.7 Å². The molecule has 1 aromatic rings. The molecule has 1 aliphatic rings. The molecule has 0 aromatic carbocycles. The van der Waals surface area contributed by atoms with Gasteiger partial charge in [-0.3, -0.25) is 9.59 Å². The fraction of sp³-hybridized carbons (Fsp3) is 0.500. The molecule has 0 spiro atoms. The van der Waals surface area contributed by atoms with Crippen LogP contribution in [0.15, 0.2) is 12.3 Å². The summed E-state index contributed by atoms with van der Waals surface area (Å²) in [6, 6.07) is 1.65. The minimum atomic E-state index is -0.813. The van der Waals surface area contributed by atoms with E-state index in [9.17, 15) is 9.59 Å². The molecule has 0 saturated carbocycles. The Balaban J connectivity index is 1.99. The van der Waals surface area contributed by atoms with Crippen molar-refractivity contribution in [2.75, 3.05) is 13.1 Å². The van der Waals surface area contributed by atoms with E-state index < -0.39 is 5.97 Å². The third-order valence-corrected chi connectivity index (χ3v) is 3.34. The number of likely N-dealkylation sites (tertiary alicyclic amines) is 1. The summed E-state index contributed by atoms with van der Waals surface area (Å²) in [6.07, 6.45) is 1.85. The van der Waals surface area contributed by atoms with E-state index in [1.165, 1.54) is 0 Å². The lowest BCUT2D eigenvalue weighted by atomic mass is 9.96. The second-order valence-electron chi connectivity index (χ2n) is 4.50. The van der Waals surface area contributed by atoms with Crippen LogP contribution in [0.2, 0.25) is 5.02 Å². The Hall–Kier alpha value is -1.49. The number of aryl methyl sites for hydroxylation is 1. The largest absolute Gasteiger partial charge is 0.481 e. The molecular weight excluding hydrogens is 256 g/mol. The molecular formula is C12H15ClN2O3. The first-order chi connectivity index (χ1) is 8.51. The van der Waals surface area contributed by atoms with Crippen LogP contribution in [0.3, 0.4) is 0 Å². The van der Waals surface area contributed by atoms with E-state index in [2.05, 4.69) is 0 Å². The Morgan fingerprint density at radius 3 is 2.72 bits per heavy atom. The zero-order chi connectivity index (χ0) is 13.3. The first-order valence-electron chi connectivity index (χ1n) is 5.88. The number of carbonyl (C=O) groups excluding carboxylic acids is 1. The lowest BCUT2D eigenvalue weighted by molar-refractivity contribution is -0.139. The monoisotopic (exact) mass is 270 g/mol. The molecule has 1 aliphatic heterocycles. The van der Waals surface area contributed by atoms with Crippen molar-refractivity contribution in [3.63, 3.8) is 0 Å². The summed E-state index contributed by atoms with van der Waals surface area (Å²) < 4.78 is 1.80. The van der Waals surface area contributed by atoms with Crippen molar-refractivity contribution >= 4 is 23.5 Å². The fourth-order valence-electron chi connectivity index (χ4n) is 2.19. The summed E-state index contributed by atoms with van der Waals surface area (Å²) >= 11 is 5.88. The number of nitrogens with zero attached hydrogens (tertiary/aromatic N) is 2. The Morgan fingerprint density at radius 2 is 2.17 bits per heavy atom. The van der Waals surface area contributed by atoms with Gasteiger partial charge in [-0.2, -0.15) is 0 Å². The number of carbonyl (C=O) groups is 2. The highest BCUT2D eigenvalue weighted by Gasteiger charge is 2.33. The van der Waals surface area contributed by atoms with Gasteiger partial charge in [0.15, 0.2) is 0 Å². The average Bonchev–Trinajstić information content (AvgIpc) is 2.63. The van der Waals surface area contributed by atoms with Gasteiger partial charge in [0.25, 0.3) is 5.91 Å². The minimum Gasteiger partial charge on any atom is -0.481 e. The highest BCUT2D eigenvalue weighted by Crippen LogP contribution is 2.23. The van der Waals surface area contributed by atoms with Gasteiger partial charge >= 0.3 is 5.97 Å². The van der Waals surface area contributed by atoms with Gasteiger partial charge in [-0.05, 0) is 13.0 Å². The maximum Gasteiger partial charge on any atom is 0.303 e. The number of halogens is 1. The van der Waals surface area contributed by atoms with Gasteiger partial charge in [0.05, 0.1) is 11.4 Å². The van der Waals surface area contributed by atoms with E-state index in [1.807, 2.05) is 6.92 Å². The number of rotatable bonds is 4. The molecule has 5 nitrogen and oxygen atoms in total. The summed E-state index contributed by atoms with van der Waals surface area (Å²) in [4.78, 5) is 24.3. The number of carboxylic acid groups (broad SMARTS) is 1. The topological polar surface area (TPSA) is 62.5 Å². The SMILES string of the molecule is CCn1cc(Cl)cc1C(=O)N1CC(CC(=O)O)C1. The summed E-state index contributed by atoms with van der Waals surface area (Å²) in [7, 11) is 0. The summed E-state index contributed by atoms with van der Waals surface area (Å²) in [5.41, 5.74) is 0.566. The number of hydrogen-bond donors (Lipinski definition) is 1. The average molecular weight is 271 g/mol. The standard InChI is InChI=1S/C12H15ClN2O3/c1-2-14-7-9(13)4-10(14)12(18)15-5-8(6-15)3-11(16)17/h4,7-8H,2-3,5-6H2,1H3,(H,16,17). The predicted octanol–water partition coefficient (Wildman–Crippen LogP) is 1.71. The third-order valence-electron chi connectivity index (χ3n) is 3.13. The molecule has 0 aliphatic carbocycles. The van der Waals surface area contributed by atoms with Crippen molar-refractivity contribution in [1.82, 2.24) is 9.47 Å². The molecule has 1 saturated heterocycles. The molecule has 98 valence electrons. The van der Waals surface area contributed by atoms with Crippen LogP contribution in [-0.2, 0) is 11.3 Å². The highest BCUT2D eigenvalue weighted by molar-refractivity contribution is 6.31.